The normalized spacial score (nSPS) is 19.1. The van der Waals surface area contributed by atoms with Gasteiger partial charge >= 0.3 is 5.97 Å². The third-order valence-corrected chi connectivity index (χ3v) is 8.30. The Morgan fingerprint density at radius 1 is 1.15 bits per heavy atom. The van der Waals surface area contributed by atoms with Crippen molar-refractivity contribution in [2.75, 3.05) is 20.2 Å². The van der Waals surface area contributed by atoms with E-state index in [2.05, 4.69) is 11.1 Å². The zero-order chi connectivity index (χ0) is 23.4. The maximum absolute atomic E-state index is 13.0. The number of fused-ring (bicyclic) bond motifs is 2. The lowest BCUT2D eigenvalue weighted by atomic mass is 9.96. The maximum Gasteiger partial charge on any atom is 0.341 e. The van der Waals surface area contributed by atoms with Crippen molar-refractivity contribution in [2.24, 2.45) is 5.10 Å². The molecule has 3 aromatic rings. The van der Waals surface area contributed by atoms with Gasteiger partial charge < -0.3 is 14.4 Å². The van der Waals surface area contributed by atoms with E-state index in [0.29, 0.717) is 16.7 Å². The molecule has 3 aliphatic rings. The van der Waals surface area contributed by atoms with Crippen molar-refractivity contribution in [1.29, 1.82) is 0 Å². The van der Waals surface area contributed by atoms with E-state index in [4.69, 9.17) is 9.84 Å². The van der Waals surface area contributed by atoms with E-state index in [0.717, 1.165) is 55.6 Å². The number of carbonyl (C=O) groups is 1. The lowest BCUT2D eigenvalue weighted by molar-refractivity contribution is 0.0695. The number of hydrazone groups is 1. The molecule has 1 saturated heterocycles. The molecule has 0 radical (unpaired) electrons. The number of carboxylic acid groups (broad SMARTS) is 1. The van der Waals surface area contributed by atoms with Crippen molar-refractivity contribution in [3.05, 3.63) is 50.6 Å². The molecule has 8 heteroatoms. The molecule has 7 nitrogen and oxygen atoms in total. The molecule has 3 heterocycles. The number of pyridine rings is 1. The molecule has 1 aromatic carbocycles. The first-order chi connectivity index (χ1) is 16.5. The first kappa shape index (κ1) is 21.4. The van der Waals surface area contributed by atoms with Gasteiger partial charge in [-0.1, -0.05) is 0 Å². The SMILES string of the molecule is COc1c(-c2cc3c(s2)CCCC3=NN2CCCC2)ccc2c(=O)c(C(=O)O)cn(C3CC3)c12. The zero-order valence-electron chi connectivity index (χ0n) is 19.2. The van der Waals surface area contributed by atoms with Crippen LogP contribution in [-0.2, 0) is 6.42 Å². The van der Waals surface area contributed by atoms with Gasteiger partial charge in [-0.05, 0) is 63.1 Å². The lowest BCUT2D eigenvalue weighted by Crippen LogP contribution is -2.19. The van der Waals surface area contributed by atoms with Crippen LogP contribution in [-0.4, -0.2) is 46.6 Å². The predicted molar refractivity (Wildman–Crippen MR) is 134 cm³/mol. The number of carboxylic acids is 1. The Labute approximate surface area is 201 Å². The average molecular weight is 478 g/mol. The second-order valence-corrected chi connectivity index (χ2v) is 10.5. The van der Waals surface area contributed by atoms with Crippen LogP contribution in [0.1, 0.15) is 65.4 Å². The summed E-state index contributed by atoms with van der Waals surface area (Å²) in [6.45, 7) is 2.07. The van der Waals surface area contributed by atoms with E-state index in [1.807, 2.05) is 10.6 Å². The van der Waals surface area contributed by atoms with Crippen LogP contribution in [0.4, 0.5) is 0 Å². The lowest BCUT2D eigenvalue weighted by Gasteiger charge is -2.18. The molecule has 1 N–H and O–H groups in total. The molecule has 0 bridgehead atoms. The number of aromatic carboxylic acids is 1. The third kappa shape index (κ3) is 3.52. The van der Waals surface area contributed by atoms with Gasteiger partial charge in [0.2, 0.25) is 5.43 Å². The Morgan fingerprint density at radius 2 is 1.94 bits per heavy atom. The van der Waals surface area contributed by atoms with Crippen LogP contribution >= 0.6 is 11.3 Å². The van der Waals surface area contributed by atoms with Crippen molar-refractivity contribution in [1.82, 2.24) is 9.58 Å². The largest absolute Gasteiger partial charge is 0.494 e. The number of aromatic nitrogens is 1. The fourth-order valence-electron chi connectivity index (χ4n) is 5.23. The Hall–Kier alpha value is -3.13. The van der Waals surface area contributed by atoms with Crippen molar-refractivity contribution < 1.29 is 14.6 Å². The molecule has 0 amide bonds. The predicted octanol–water partition coefficient (Wildman–Crippen LogP) is 4.91. The van der Waals surface area contributed by atoms with Crippen molar-refractivity contribution in [3.63, 3.8) is 0 Å². The second-order valence-electron chi connectivity index (χ2n) is 9.37. The van der Waals surface area contributed by atoms with Crippen LogP contribution in [0.2, 0.25) is 0 Å². The number of hydrogen-bond donors (Lipinski definition) is 1. The minimum Gasteiger partial charge on any atom is -0.494 e. The molecule has 1 aliphatic heterocycles. The molecule has 0 atom stereocenters. The van der Waals surface area contributed by atoms with E-state index in [1.54, 1.807) is 24.5 Å². The summed E-state index contributed by atoms with van der Waals surface area (Å²) >= 11 is 1.77. The van der Waals surface area contributed by atoms with Gasteiger partial charge in [0.25, 0.3) is 0 Å². The first-order valence-electron chi connectivity index (χ1n) is 12.0. The van der Waals surface area contributed by atoms with Gasteiger partial charge in [0.15, 0.2) is 5.75 Å². The summed E-state index contributed by atoms with van der Waals surface area (Å²) in [5, 5.41) is 17.2. The molecule has 2 aliphatic carbocycles. The fraction of sp³-hybridized carbons (Fsp3) is 0.423. The van der Waals surface area contributed by atoms with Crippen LogP contribution in [0.5, 0.6) is 5.75 Å². The molecule has 176 valence electrons. The van der Waals surface area contributed by atoms with Gasteiger partial charge in [0.1, 0.15) is 5.56 Å². The summed E-state index contributed by atoms with van der Waals surface area (Å²) in [5.74, 6) is -0.560. The highest BCUT2D eigenvalue weighted by molar-refractivity contribution is 7.16. The van der Waals surface area contributed by atoms with E-state index < -0.39 is 11.4 Å². The Balaban J connectivity index is 1.52. The van der Waals surface area contributed by atoms with Gasteiger partial charge in [0, 0.05) is 46.2 Å². The molecule has 34 heavy (non-hydrogen) atoms. The Kier molecular flexibility index (Phi) is 5.21. The summed E-state index contributed by atoms with van der Waals surface area (Å²) in [4.78, 5) is 27.1. The van der Waals surface area contributed by atoms with Crippen LogP contribution in [0.15, 0.2) is 34.3 Å². The van der Waals surface area contributed by atoms with Gasteiger partial charge in [0.05, 0.1) is 23.7 Å². The smallest absolute Gasteiger partial charge is 0.341 e. The van der Waals surface area contributed by atoms with Crippen LogP contribution in [0.3, 0.4) is 0 Å². The minimum absolute atomic E-state index is 0.191. The summed E-state index contributed by atoms with van der Waals surface area (Å²) < 4.78 is 7.86. The van der Waals surface area contributed by atoms with Crippen LogP contribution < -0.4 is 10.2 Å². The van der Waals surface area contributed by atoms with E-state index in [1.165, 1.54) is 35.2 Å². The molecule has 2 fully saturated rings. The van der Waals surface area contributed by atoms with E-state index >= 15 is 0 Å². The zero-order valence-corrected chi connectivity index (χ0v) is 20.0. The summed E-state index contributed by atoms with van der Waals surface area (Å²) in [6.07, 6.45) is 8.99. The summed E-state index contributed by atoms with van der Waals surface area (Å²) in [7, 11) is 1.62. The van der Waals surface area contributed by atoms with Crippen LogP contribution in [0, 0.1) is 0 Å². The fourth-order valence-corrected chi connectivity index (χ4v) is 6.48. The molecule has 1 saturated carbocycles. The molecular weight excluding hydrogens is 450 g/mol. The highest BCUT2D eigenvalue weighted by Crippen LogP contribution is 2.45. The molecule has 0 unspecified atom stereocenters. The monoisotopic (exact) mass is 477 g/mol. The van der Waals surface area contributed by atoms with E-state index in [-0.39, 0.29) is 11.6 Å². The van der Waals surface area contributed by atoms with Crippen molar-refractivity contribution >= 4 is 33.9 Å². The summed E-state index contributed by atoms with van der Waals surface area (Å²) in [6, 6.07) is 6.09. The molecule has 2 aromatic heterocycles. The highest BCUT2D eigenvalue weighted by atomic mass is 32.1. The van der Waals surface area contributed by atoms with Crippen LogP contribution in [0.25, 0.3) is 21.3 Å². The Morgan fingerprint density at radius 3 is 2.65 bits per heavy atom. The number of thiophene rings is 1. The topological polar surface area (TPSA) is 84.1 Å². The number of rotatable bonds is 5. The number of hydrogen-bond acceptors (Lipinski definition) is 6. The number of aryl methyl sites for hydroxylation is 1. The minimum atomic E-state index is -1.19. The number of ether oxygens (including phenoxy) is 1. The van der Waals surface area contributed by atoms with Crippen molar-refractivity contribution in [3.8, 4) is 16.2 Å². The quantitative estimate of drug-likeness (QED) is 0.565. The summed E-state index contributed by atoms with van der Waals surface area (Å²) in [5.41, 5.74) is 3.38. The maximum atomic E-state index is 13.0. The molecule has 0 spiro atoms. The van der Waals surface area contributed by atoms with Gasteiger partial charge in [-0.2, -0.15) is 5.10 Å². The third-order valence-electron chi connectivity index (χ3n) is 7.07. The number of benzene rings is 1. The van der Waals surface area contributed by atoms with Gasteiger partial charge in [-0.15, -0.1) is 11.3 Å². The van der Waals surface area contributed by atoms with E-state index in [9.17, 15) is 14.7 Å². The number of nitrogens with zero attached hydrogens (tertiary/aromatic N) is 3. The van der Waals surface area contributed by atoms with Gasteiger partial charge in [-0.25, -0.2) is 4.79 Å². The first-order valence-corrected chi connectivity index (χ1v) is 12.8. The highest BCUT2D eigenvalue weighted by Gasteiger charge is 2.30. The molecular formula is C26H27N3O4S. The van der Waals surface area contributed by atoms with Gasteiger partial charge in [-0.3, -0.25) is 9.80 Å². The Bertz CT molecular complexity index is 1390. The second kappa shape index (κ2) is 8.27. The average Bonchev–Trinajstić information content (AvgIpc) is 3.36. The standard InChI is InChI=1S/C26H27N3O4S/c1-33-25-16(9-10-17-23(25)29(15-7-8-15)14-19(24(17)30)26(31)32)22-13-18-20(5-4-6-21(18)34-22)27-28-11-2-3-12-28/h9-10,13-15H,2-8,11-12H2,1H3,(H,31,32). The number of methoxy groups -OCH3 is 1. The molecule has 6 rings (SSSR count). The van der Waals surface area contributed by atoms with Crippen molar-refractivity contribution in [2.45, 2.75) is 51.0 Å².